The summed E-state index contributed by atoms with van der Waals surface area (Å²) in [6.07, 6.45) is 4.76. The molecule has 0 aliphatic heterocycles. The number of aromatic nitrogens is 2. The van der Waals surface area contributed by atoms with Crippen molar-refractivity contribution in [1.29, 1.82) is 0 Å². The molecule has 0 spiro atoms. The van der Waals surface area contributed by atoms with E-state index in [1.807, 2.05) is 54.6 Å². The van der Waals surface area contributed by atoms with E-state index in [1.54, 1.807) is 12.3 Å². The number of hydrogen-bond acceptors (Lipinski definition) is 5. The standard InChI is InChI=1S/C22H24N4O2/c1-2-3-7-15-23-21(27)20-14-16-24-22(26-20)25-17-10-12-19(13-11-17)28-18-8-5-4-6-9-18/h4-6,8-14,16H,2-3,7,15H2,1H3,(H,23,27)(H,24,25,26). The van der Waals surface area contributed by atoms with Gasteiger partial charge in [0.25, 0.3) is 5.91 Å². The minimum atomic E-state index is -0.187. The fourth-order valence-electron chi connectivity index (χ4n) is 2.57. The van der Waals surface area contributed by atoms with E-state index in [0.29, 0.717) is 18.2 Å². The number of unbranched alkanes of at least 4 members (excludes halogenated alkanes) is 2. The van der Waals surface area contributed by atoms with Crippen LogP contribution in [0.1, 0.15) is 36.7 Å². The molecule has 6 heteroatoms. The number of carbonyl (C=O) groups is 1. The minimum absolute atomic E-state index is 0.187. The summed E-state index contributed by atoms with van der Waals surface area (Å²) in [4.78, 5) is 20.7. The van der Waals surface area contributed by atoms with E-state index in [-0.39, 0.29) is 5.91 Å². The highest BCUT2D eigenvalue weighted by molar-refractivity contribution is 5.92. The number of amides is 1. The van der Waals surface area contributed by atoms with Crippen LogP contribution in [0.15, 0.2) is 66.9 Å². The fraction of sp³-hybridized carbons (Fsp3) is 0.227. The second-order valence-corrected chi connectivity index (χ2v) is 6.29. The molecule has 0 saturated carbocycles. The van der Waals surface area contributed by atoms with Crippen LogP contribution in [0.4, 0.5) is 11.6 Å². The van der Waals surface area contributed by atoms with Gasteiger partial charge < -0.3 is 15.4 Å². The van der Waals surface area contributed by atoms with Gasteiger partial charge in [-0.1, -0.05) is 38.0 Å². The number of nitrogens with one attached hydrogen (secondary N) is 2. The summed E-state index contributed by atoms with van der Waals surface area (Å²) in [6.45, 7) is 2.78. The van der Waals surface area contributed by atoms with E-state index in [4.69, 9.17) is 4.74 Å². The summed E-state index contributed by atoms with van der Waals surface area (Å²) in [5.41, 5.74) is 1.15. The summed E-state index contributed by atoms with van der Waals surface area (Å²) in [6, 6.07) is 18.7. The van der Waals surface area contributed by atoms with Gasteiger partial charge in [-0.2, -0.15) is 0 Å². The van der Waals surface area contributed by atoms with Crippen LogP contribution in [0.25, 0.3) is 0 Å². The Morgan fingerprint density at radius 1 is 0.964 bits per heavy atom. The highest BCUT2D eigenvalue weighted by atomic mass is 16.5. The van der Waals surface area contributed by atoms with Gasteiger partial charge in [0.15, 0.2) is 0 Å². The predicted molar refractivity (Wildman–Crippen MR) is 110 cm³/mol. The van der Waals surface area contributed by atoms with Crippen molar-refractivity contribution in [1.82, 2.24) is 15.3 Å². The van der Waals surface area contributed by atoms with Crippen LogP contribution in [-0.2, 0) is 0 Å². The predicted octanol–water partition coefficient (Wildman–Crippen LogP) is 4.93. The average molecular weight is 376 g/mol. The quantitative estimate of drug-likeness (QED) is 0.518. The second kappa shape index (κ2) is 10.1. The van der Waals surface area contributed by atoms with E-state index < -0.39 is 0 Å². The molecule has 144 valence electrons. The largest absolute Gasteiger partial charge is 0.457 e. The number of ether oxygens (including phenoxy) is 1. The Bertz CT molecular complexity index is 883. The molecule has 0 bridgehead atoms. The molecular weight excluding hydrogens is 352 g/mol. The molecule has 2 aromatic carbocycles. The Balaban J connectivity index is 1.58. The molecule has 0 fully saturated rings. The summed E-state index contributed by atoms with van der Waals surface area (Å²) in [7, 11) is 0. The molecule has 0 aliphatic carbocycles. The first kappa shape index (κ1) is 19.4. The lowest BCUT2D eigenvalue weighted by atomic mass is 10.2. The SMILES string of the molecule is CCCCCNC(=O)c1ccnc(Nc2ccc(Oc3ccccc3)cc2)n1. The molecule has 28 heavy (non-hydrogen) atoms. The number of carbonyl (C=O) groups excluding carboxylic acids is 1. The van der Waals surface area contributed by atoms with Crippen molar-refractivity contribution in [3.63, 3.8) is 0 Å². The Labute approximate surface area is 165 Å². The summed E-state index contributed by atoms with van der Waals surface area (Å²) in [5, 5.41) is 5.99. The zero-order valence-electron chi connectivity index (χ0n) is 15.9. The maximum atomic E-state index is 12.2. The van der Waals surface area contributed by atoms with E-state index in [2.05, 4.69) is 27.5 Å². The topological polar surface area (TPSA) is 76.1 Å². The van der Waals surface area contributed by atoms with Crippen molar-refractivity contribution >= 4 is 17.5 Å². The lowest BCUT2D eigenvalue weighted by molar-refractivity contribution is 0.0948. The molecule has 0 radical (unpaired) electrons. The van der Waals surface area contributed by atoms with Crippen molar-refractivity contribution < 1.29 is 9.53 Å². The van der Waals surface area contributed by atoms with Gasteiger partial charge in [0.2, 0.25) is 5.95 Å². The maximum Gasteiger partial charge on any atom is 0.270 e. The van der Waals surface area contributed by atoms with Gasteiger partial charge in [0.1, 0.15) is 17.2 Å². The van der Waals surface area contributed by atoms with Crippen molar-refractivity contribution in [3.8, 4) is 11.5 Å². The number of anilines is 2. The number of benzene rings is 2. The molecule has 2 N–H and O–H groups in total. The lowest BCUT2D eigenvalue weighted by Crippen LogP contribution is -2.25. The molecule has 1 aromatic heterocycles. The molecule has 0 atom stereocenters. The Kier molecular flexibility index (Phi) is 6.95. The molecule has 0 saturated heterocycles. The number of rotatable bonds is 9. The van der Waals surface area contributed by atoms with Crippen LogP contribution in [0.2, 0.25) is 0 Å². The van der Waals surface area contributed by atoms with Crippen molar-refractivity contribution in [2.75, 3.05) is 11.9 Å². The molecule has 1 heterocycles. The van der Waals surface area contributed by atoms with Crippen molar-refractivity contribution in [3.05, 3.63) is 72.6 Å². The van der Waals surface area contributed by atoms with Gasteiger partial charge >= 0.3 is 0 Å². The smallest absolute Gasteiger partial charge is 0.270 e. The number of hydrogen-bond donors (Lipinski definition) is 2. The van der Waals surface area contributed by atoms with Crippen LogP contribution in [-0.4, -0.2) is 22.4 Å². The van der Waals surface area contributed by atoms with Crippen LogP contribution in [0, 0.1) is 0 Å². The fourth-order valence-corrected chi connectivity index (χ4v) is 2.57. The third-order valence-corrected chi connectivity index (χ3v) is 4.04. The molecule has 0 unspecified atom stereocenters. The van der Waals surface area contributed by atoms with Crippen LogP contribution < -0.4 is 15.4 Å². The van der Waals surface area contributed by atoms with E-state index in [1.165, 1.54) is 0 Å². The van der Waals surface area contributed by atoms with Crippen LogP contribution >= 0.6 is 0 Å². The minimum Gasteiger partial charge on any atom is -0.457 e. The highest BCUT2D eigenvalue weighted by Gasteiger charge is 2.08. The van der Waals surface area contributed by atoms with Gasteiger partial charge in [-0.15, -0.1) is 0 Å². The first-order valence-corrected chi connectivity index (χ1v) is 9.46. The monoisotopic (exact) mass is 376 g/mol. The third kappa shape index (κ3) is 5.81. The van der Waals surface area contributed by atoms with Gasteiger partial charge in [-0.05, 0) is 48.9 Å². The van der Waals surface area contributed by atoms with Gasteiger partial charge in [-0.3, -0.25) is 4.79 Å². The van der Waals surface area contributed by atoms with E-state index in [9.17, 15) is 4.79 Å². The van der Waals surface area contributed by atoms with Gasteiger partial charge in [-0.25, -0.2) is 9.97 Å². The summed E-state index contributed by atoms with van der Waals surface area (Å²) < 4.78 is 5.78. The third-order valence-electron chi connectivity index (χ3n) is 4.04. The summed E-state index contributed by atoms with van der Waals surface area (Å²) in [5.74, 6) is 1.70. The summed E-state index contributed by atoms with van der Waals surface area (Å²) >= 11 is 0. The van der Waals surface area contributed by atoms with Gasteiger partial charge in [0.05, 0.1) is 0 Å². The molecule has 0 aliphatic rings. The number of para-hydroxylation sites is 1. The van der Waals surface area contributed by atoms with Crippen molar-refractivity contribution in [2.45, 2.75) is 26.2 Å². The Morgan fingerprint density at radius 2 is 1.71 bits per heavy atom. The van der Waals surface area contributed by atoms with Crippen LogP contribution in [0.5, 0.6) is 11.5 Å². The number of nitrogens with zero attached hydrogens (tertiary/aromatic N) is 2. The molecule has 3 rings (SSSR count). The zero-order valence-corrected chi connectivity index (χ0v) is 15.9. The first-order chi connectivity index (χ1) is 13.7. The zero-order chi connectivity index (χ0) is 19.6. The van der Waals surface area contributed by atoms with Crippen LogP contribution in [0.3, 0.4) is 0 Å². The average Bonchev–Trinajstić information content (AvgIpc) is 2.73. The van der Waals surface area contributed by atoms with Gasteiger partial charge in [0, 0.05) is 18.4 Å². The molecule has 6 nitrogen and oxygen atoms in total. The molecule has 1 amide bonds. The lowest BCUT2D eigenvalue weighted by Gasteiger charge is -2.09. The van der Waals surface area contributed by atoms with Crippen molar-refractivity contribution in [2.24, 2.45) is 0 Å². The molecule has 3 aromatic rings. The second-order valence-electron chi connectivity index (χ2n) is 6.29. The van der Waals surface area contributed by atoms with E-state index >= 15 is 0 Å². The highest BCUT2D eigenvalue weighted by Crippen LogP contribution is 2.23. The first-order valence-electron chi connectivity index (χ1n) is 9.46. The Morgan fingerprint density at radius 3 is 2.46 bits per heavy atom. The normalized spacial score (nSPS) is 10.3. The Hall–Kier alpha value is -3.41. The molecular formula is C22H24N4O2. The maximum absolute atomic E-state index is 12.2. The van der Waals surface area contributed by atoms with E-state index in [0.717, 1.165) is 36.4 Å².